The van der Waals surface area contributed by atoms with Crippen LogP contribution >= 0.6 is 11.6 Å². The van der Waals surface area contributed by atoms with E-state index in [1.807, 2.05) is 30.3 Å². The first-order chi connectivity index (χ1) is 16.9. The van der Waals surface area contributed by atoms with Crippen molar-refractivity contribution in [3.63, 3.8) is 0 Å². The third-order valence-electron chi connectivity index (χ3n) is 5.82. The highest BCUT2D eigenvalue weighted by atomic mass is 35.5. The summed E-state index contributed by atoms with van der Waals surface area (Å²) < 4.78 is 10.6. The fraction of sp³-hybridized carbons (Fsp3) is 0.179. The highest BCUT2D eigenvalue weighted by Crippen LogP contribution is 2.40. The molecule has 3 aromatic carbocycles. The van der Waals surface area contributed by atoms with Crippen LogP contribution < -0.4 is 5.32 Å². The molecule has 0 aromatic heterocycles. The van der Waals surface area contributed by atoms with Gasteiger partial charge in [0.2, 0.25) is 5.76 Å². The minimum atomic E-state index is -1.54. The largest absolute Gasteiger partial charge is 0.460 e. The maximum Gasteiger partial charge on any atom is 0.374 e. The summed E-state index contributed by atoms with van der Waals surface area (Å²) in [6.07, 6.45) is 1.67. The van der Waals surface area contributed by atoms with E-state index in [9.17, 15) is 14.4 Å². The van der Waals surface area contributed by atoms with Crippen molar-refractivity contribution in [3.05, 3.63) is 118 Å². The van der Waals surface area contributed by atoms with E-state index in [1.165, 1.54) is 6.08 Å². The molecule has 0 radical (unpaired) electrons. The molecule has 1 aliphatic heterocycles. The second-order valence-electron chi connectivity index (χ2n) is 8.12. The molecule has 1 N–H and O–H groups in total. The number of hydrogen-bond acceptors (Lipinski definition) is 5. The highest BCUT2D eigenvalue weighted by Gasteiger charge is 2.52. The van der Waals surface area contributed by atoms with E-state index in [4.69, 9.17) is 21.1 Å². The number of ether oxygens (including phenoxy) is 2. The number of cyclic esters (lactones) is 1. The van der Waals surface area contributed by atoms with Gasteiger partial charge in [0.25, 0.3) is 5.91 Å². The number of esters is 2. The minimum absolute atomic E-state index is 0.124. The molecule has 1 aliphatic rings. The van der Waals surface area contributed by atoms with Crippen molar-refractivity contribution in [2.45, 2.75) is 24.8 Å². The van der Waals surface area contributed by atoms with Gasteiger partial charge in [0.1, 0.15) is 0 Å². The lowest BCUT2D eigenvalue weighted by Crippen LogP contribution is -2.62. The molecule has 0 unspecified atom stereocenters. The van der Waals surface area contributed by atoms with Gasteiger partial charge in [-0.1, -0.05) is 72.3 Å². The minimum Gasteiger partial charge on any atom is -0.460 e. The number of hydrogen-bond donors (Lipinski definition) is 1. The third-order valence-corrected chi connectivity index (χ3v) is 6.07. The molecule has 4 rings (SSSR count). The molecule has 0 spiro atoms. The van der Waals surface area contributed by atoms with Crippen LogP contribution in [0.3, 0.4) is 0 Å². The number of amides is 1. The van der Waals surface area contributed by atoms with Crippen molar-refractivity contribution < 1.29 is 23.9 Å². The Labute approximate surface area is 208 Å². The second kappa shape index (κ2) is 10.6. The van der Waals surface area contributed by atoms with Crippen molar-refractivity contribution >= 4 is 29.4 Å². The molecule has 0 aliphatic carbocycles. The third kappa shape index (κ3) is 5.28. The Balaban J connectivity index is 1.87. The zero-order valence-electron chi connectivity index (χ0n) is 19.1. The van der Waals surface area contributed by atoms with E-state index in [2.05, 4.69) is 5.32 Å². The van der Waals surface area contributed by atoms with Crippen LogP contribution in [-0.4, -0.2) is 30.0 Å². The Kier molecular flexibility index (Phi) is 7.32. The second-order valence-corrected chi connectivity index (χ2v) is 8.56. The summed E-state index contributed by atoms with van der Waals surface area (Å²) in [5.41, 5.74) is 0.336. The first-order valence-corrected chi connectivity index (χ1v) is 11.6. The van der Waals surface area contributed by atoms with E-state index in [0.29, 0.717) is 16.1 Å². The van der Waals surface area contributed by atoms with E-state index < -0.39 is 29.3 Å². The summed E-state index contributed by atoms with van der Waals surface area (Å²) in [6, 6.07) is 24.8. The molecule has 0 bridgehead atoms. The van der Waals surface area contributed by atoms with Crippen LogP contribution in [0, 0.1) is 0 Å². The number of rotatable bonds is 7. The van der Waals surface area contributed by atoms with E-state index in [1.54, 1.807) is 61.5 Å². The normalized spacial score (nSPS) is 19.3. The summed E-state index contributed by atoms with van der Waals surface area (Å²) in [6.45, 7) is 1.79. The summed E-state index contributed by atoms with van der Waals surface area (Å²) in [4.78, 5) is 39.6. The molecule has 0 saturated heterocycles. The summed E-state index contributed by atoms with van der Waals surface area (Å²) in [7, 11) is 0. The molecule has 3 aromatic rings. The fourth-order valence-electron chi connectivity index (χ4n) is 4.15. The molecule has 2 atom stereocenters. The summed E-state index contributed by atoms with van der Waals surface area (Å²) >= 11 is 6.11. The Morgan fingerprint density at radius 1 is 0.971 bits per heavy atom. The zero-order chi connectivity index (χ0) is 24.8. The summed E-state index contributed by atoms with van der Waals surface area (Å²) in [5.74, 6) is -2.90. The van der Waals surface area contributed by atoms with Gasteiger partial charge in [-0.05, 0) is 48.4 Å². The molecule has 7 heteroatoms. The maximum atomic E-state index is 13.7. The van der Waals surface area contributed by atoms with Gasteiger partial charge in [-0.15, -0.1) is 0 Å². The Morgan fingerprint density at radius 3 is 2.23 bits per heavy atom. The topological polar surface area (TPSA) is 81.7 Å². The lowest BCUT2D eigenvalue weighted by Gasteiger charge is -2.41. The molecule has 178 valence electrons. The average molecular weight is 490 g/mol. The lowest BCUT2D eigenvalue weighted by atomic mass is 9.73. The monoisotopic (exact) mass is 489 g/mol. The molecule has 35 heavy (non-hydrogen) atoms. The van der Waals surface area contributed by atoms with Gasteiger partial charge in [-0.2, -0.15) is 0 Å². The van der Waals surface area contributed by atoms with Crippen LogP contribution in [0.15, 0.2) is 96.8 Å². The average Bonchev–Trinajstić information content (AvgIpc) is 2.87. The van der Waals surface area contributed by atoms with Crippen LogP contribution in [0.2, 0.25) is 5.02 Å². The van der Waals surface area contributed by atoms with Crippen LogP contribution in [0.4, 0.5) is 0 Å². The van der Waals surface area contributed by atoms with E-state index in [-0.39, 0.29) is 18.8 Å². The highest BCUT2D eigenvalue weighted by molar-refractivity contribution is 6.30. The van der Waals surface area contributed by atoms with Gasteiger partial charge in [0, 0.05) is 22.9 Å². The SMILES string of the molecule is CCOC(=O)C1=C[C@@H](c2ccc(Cl)cc2)[C@@](Cc2ccccc2)(NC(=O)c2ccccc2)C(=O)O1. The van der Waals surface area contributed by atoms with Crippen LogP contribution in [0.5, 0.6) is 0 Å². The molecule has 0 saturated carbocycles. The molecule has 0 fully saturated rings. The molecular formula is C28H24ClNO5. The Morgan fingerprint density at radius 2 is 1.60 bits per heavy atom. The van der Waals surface area contributed by atoms with Crippen LogP contribution in [0.1, 0.15) is 34.3 Å². The maximum absolute atomic E-state index is 13.7. The number of carbonyl (C=O) groups is 3. The molecule has 1 amide bonds. The molecule has 6 nitrogen and oxygen atoms in total. The number of carbonyl (C=O) groups excluding carboxylic acids is 3. The van der Waals surface area contributed by atoms with Crippen molar-refractivity contribution in [2.75, 3.05) is 6.61 Å². The standard InChI is InChI=1S/C28H24ClNO5/c1-2-34-26(32)24-17-23(20-13-15-22(29)16-14-20)28(27(33)35-24,18-19-9-5-3-6-10-19)30-25(31)21-11-7-4-8-12-21/h3-17,23H,2,18H2,1H3,(H,30,31)/t23-,28+/m0/s1. The van der Waals surface area contributed by atoms with Gasteiger partial charge in [0.05, 0.1) is 6.61 Å². The molecular weight excluding hydrogens is 466 g/mol. The Bertz CT molecular complexity index is 1240. The number of benzene rings is 3. The quantitative estimate of drug-likeness (QED) is 0.480. The van der Waals surface area contributed by atoms with Gasteiger partial charge in [0.15, 0.2) is 5.54 Å². The Hall–Kier alpha value is -3.90. The van der Waals surface area contributed by atoms with Gasteiger partial charge < -0.3 is 14.8 Å². The fourth-order valence-corrected chi connectivity index (χ4v) is 4.27. The van der Waals surface area contributed by atoms with Crippen LogP contribution in [-0.2, 0) is 25.5 Å². The van der Waals surface area contributed by atoms with Crippen molar-refractivity contribution in [1.82, 2.24) is 5.32 Å². The van der Waals surface area contributed by atoms with E-state index >= 15 is 0 Å². The van der Waals surface area contributed by atoms with Gasteiger partial charge >= 0.3 is 11.9 Å². The number of nitrogens with one attached hydrogen (secondary N) is 1. The van der Waals surface area contributed by atoms with Crippen molar-refractivity contribution in [3.8, 4) is 0 Å². The zero-order valence-corrected chi connectivity index (χ0v) is 19.8. The first kappa shape index (κ1) is 24.2. The lowest BCUT2D eigenvalue weighted by molar-refractivity contribution is -0.157. The predicted molar refractivity (Wildman–Crippen MR) is 132 cm³/mol. The first-order valence-electron chi connectivity index (χ1n) is 11.2. The van der Waals surface area contributed by atoms with Crippen LogP contribution in [0.25, 0.3) is 0 Å². The summed E-state index contributed by atoms with van der Waals surface area (Å²) in [5, 5.41) is 3.48. The number of halogens is 1. The van der Waals surface area contributed by atoms with Crippen molar-refractivity contribution in [1.29, 1.82) is 0 Å². The van der Waals surface area contributed by atoms with Gasteiger partial charge in [-0.3, -0.25) is 4.79 Å². The molecule has 1 heterocycles. The van der Waals surface area contributed by atoms with E-state index in [0.717, 1.165) is 5.56 Å². The van der Waals surface area contributed by atoms with Crippen molar-refractivity contribution in [2.24, 2.45) is 0 Å². The van der Waals surface area contributed by atoms with Gasteiger partial charge in [-0.25, -0.2) is 9.59 Å². The smallest absolute Gasteiger partial charge is 0.374 e. The predicted octanol–water partition coefficient (Wildman–Crippen LogP) is 4.84.